The molecule has 0 aliphatic carbocycles. The molecule has 2 unspecified atom stereocenters. The van der Waals surface area contributed by atoms with Gasteiger partial charge in [-0.25, -0.2) is 0 Å². The van der Waals surface area contributed by atoms with Crippen LogP contribution in [0.3, 0.4) is 0 Å². The Labute approximate surface area is 90.4 Å². The number of amides is 1. The number of nitrogens with zero attached hydrogens (tertiary/aromatic N) is 2. The summed E-state index contributed by atoms with van der Waals surface area (Å²) < 4.78 is 5.49. The van der Waals surface area contributed by atoms with Gasteiger partial charge in [0.1, 0.15) is 0 Å². The van der Waals surface area contributed by atoms with E-state index in [2.05, 4.69) is 10.2 Å². The highest BCUT2D eigenvalue weighted by Gasteiger charge is 2.34. The Balaban J connectivity index is 1.94. The van der Waals surface area contributed by atoms with Crippen molar-refractivity contribution in [2.24, 2.45) is 0 Å². The fraction of sp³-hybridized carbons (Fsp3) is 0.900. The predicted molar refractivity (Wildman–Crippen MR) is 56.7 cm³/mol. The van der Waals surface area contributed by atoms with Gasteiger partial charge in [0.05, 0.1) is 25.3 Å². The molecule has 15 heavy (non-hydrogen) atoms. The van der Waals surface area contributed by atoms with E-state index in [4.69, 9.17) is 4.74 Å². The molecule has 86 valence electrons. The summed E-state index contributed by atoms with van der Waals surface area (Å²) in [7, 11) is 4.05. The monoisotopic (exact) mass is 213 g/mol. The molecule has 2 heterocycles. The lowest BCUT2D eigenvalue weighted by atomic mass is 10.2. The first-order valence-electron chi connectivity index (χ1n) is 5.45. The van der Waals surface area contributed by atoms with E-state index in [-0.39, 0.29) is 11.9 Å². The predicted octanol–water partition coefficient (Wildman–Crippen LogP) is -1.25. The summed E-state index contributed by atoms with van der Waals surface area (Å²) in [5.41, 5.74) is 0. The number of carbonyl (C=O) groups is 1. The first-order chi connectivity index (χ1) is 7.18. The van der Waals surface area contributed by atoms with E-state index < -0.39 is 0 Å². The van der Waals surface area contributed by atoms with E-state index in [1.54, 1.807) is 0 Å². The van der Waals surface area contributed by atoms with Gasteiger partial charge < -0.3 is 19.9 Å². The maximum Gasteiger partial charge on any atom is 0.241 e. The minimum Gasteiger partial charge on any atom is -0.378 e. The van der Waals surface area contributed by atoms with Gasteiger partial charge in [0.2, 0.25) is 5.91 Å². The van der Waals surface area contributed by atoms with E-state index in [1.165, 1.54) is 0 Å². The van der Waals surface area contributed by atoms with Crippen molar-refractivity contribution in [3.05, 3.63) is 0 Å². The normalized spacial score (nSPS) is 31.5. The van der Waals surface area contributed by atoms with Crippen LogP contribution in [0.15, 0.2) is 0 Å². The zero-order valence-electron chi connectivity index (χ0n) is 9.40. The molecule has 1 N–H and O–H groups in total. The Bertz CT molecular complexity index is 241. The molecule has 0 bridgehead atoms. The van der Waals surface area contributed by atoms with Gasteiger partial charge in [-0.15, -0.1) is 0 Å². The fourth-order valence-electron chi connectivity index (χ4n) is 1.76. The molecule has 0 radical (unpaired) electrons. The largest absolute Gasteiger partial charge is 0.378 e. The number of ether oxygens (including phenoxy) is 1. The minimum absolute atomic E-state index is 0.0749. The van der Waals surface area contributed by atoms with Crippen molar-refractivity contribution >= 4 is 5.91 Å². The first kappa shape index (κ1) is 10.9. The molecule has 2 fully saturated rings. The van der Waals surface area contributed by atoms with Crippen LogP contribution >= 0.6 is 0 Å². The van der Waals surface area contributed by atoms with Gasteiger partial charge in [-0.3, -0.25) is 4.79 Å². The number of likely N-dealkylation sites (N-methyl/N-ethyl adjacent to an activating group) is 1. The van der Waals surface area contributed by atoms with Crippen molar-refractivity contribution in [3.8, 4) is 0 Å². The quantitative estimate of drug-likeness (QED) is 0.582. The highest BCUT2D eigenvalue weighted by atomic mass is 16.5. The highest BCUT2D eigenvalue weighted by molar-refractivity contribution is 5.84. The van der Waals surface area contributed by atoms with Crippen LogP contribution in [0.4, 0.5) is 0 Å². The van der Waals surface area contributed by atoms with Gasteiger partial charge in [-0.05, 0) is 14.1 Å². The Morgan fingerprint density at radius 2 is 2.27 bits per heavy atom. The van der Waals surface area contributed by atoms with E-state index >= 15 is 0 Å². The van der Waals surface area contributed by atoms with Crippen molar-refractivity contribution in [2.45, 2.75) is 12.1 Å². The van der Waals surface area contributed by atoms with Crippen LogP contribution in [0.1, 0.15) is 0 Å². The average molecular weight is 213 g/mol. The Kier molecular flexibility index (Phi) is 3.23. The van der Waals surface area contributed by atoms with Gasteiger partial charge in [-0.1, -0.05) is 0 Å². The molecule has 0 aromatic carbocycles. The Morgan fingerprint density at radius 3 is 2.87 bits per heavy atom. The molecule has 5 nitrogen and oxygen atoms in total. The standard InChI is InChI=1S/C10H19N3O2/c1-12(2)8-6-13(3-4-15-7-8)10(14)9-5-11-9/h8-9,11H,3-7H2,1-2H3. The molecule has 2 atom stereocenters. The summed E-state index contributed by atoms with van der Waals surface area (Å²) >= 11 is 0. The summed E-state index contributed by atoms with van der Waals surface area (Å²) in [5, 5.41) is 3.05. The van der Waals surface area contributed by atoms with Crippen LogP contribution < -0.4 is 5.32 Å². The van der Waals surface area contributed by atoms with Crippen LogP contribution in [0, 0.1) is 0 Å². The lowest BCUT2D eigenvalue weighted by Gasteiger charge is -2.27. The van der Waals surface area contributed by atoms with Crippen LogP contribution in [-0.4, -0.2) is 74.7 Å². The molecule has 0 aromatic heterocycles. The summed E-state index contributed by atoms with van der Waals surface area (Å²) in [6.45, 7) is 3.71. The summed E-state index contributed by atoms with van der Waals surface area (Å²) in [6.07, 6.45) is 0. The average Bonchev–Trinajstić information content (AvgIpc) is 3.04. The van der Waals surface area contributed by atoms with Gasteiger partial charge in [0, 0.05) is 19.6 Å². The van der Waals surface area contributed by atoms with Gasteiger partial charge in [0.15, 0.2) is 0 Å². The van der Waals surface area contributed by atoms with Crippen molar-refractivity contribution in [2.75, 3.05) is 46.9 Å². The maximum atomic E-state index is 11.9. The number of hydrogen-bond donors (Lipinski definition) is 1. The third kappa shape index (κ3) is 2.68. The second-order valence-corrected chi connectivity index (χ2v) is 4.44. The minimum atomic E-state index is 0.0749. The van der Waals surface area contributed by atoms with Crippen LogP contribution in [-0.2, 0) is 9.53 Å². The van der Waals surface area contributed by atoms with Crippen LogP contribution in [0.2, 0.25) is 0 Å². The van der Waals surface area contributed by atoms with E-state index in [1.807, 2.05) is 19.0 Å². The van der Waals surface area contributed by atoms with Crippen LogP contribution in [0.25, 0.3) is 0 Å². The van der Waals surface area contributed by atoms with E-state index in [9.17, 15) is 4.79 Å². The summed E-state index contributed by atoms with van der Waals surface area (Å²) in [6, 6.07) is 0.390. The van der Waals surface area contributed by atoms with Gasteiger partial charge in [-0.2, -0.15) is 0 Å². The lowest BCUT2D eigenvalue weighted by Crippen LogP contribution is -2.45. The molecule has 2 aliphatic heterocycles. The zero-order valence-corrected chi connectivity index (χ0v) is 9.40. The van der Waals surface area contributed by atoms with Gasteiger partial charge >= 0.3 is 0 Å². The molecule has 0 aromatic rings. The van der Waals surface area contributed by atoms with E-state index in [0.29, 0.717) is 12.6 Å². The summed E-state index contributed by atoms with van der Waals surface area (Å²) in [5.74, 6) is 0.229. The number of nitrogens with one attached hydrogen (secondary N) is 1. The summed E-state index contributed by atoms with van der Waals surface area (Å²) in [4.78, 5) is 15.9. The third-order valence-corrected chi connectivity index (χ3v) is 3.00. The molecular formula is C10H19N3O2. The first-order valence-corrected chi connectivity index (χ1v) is 5.45. The lowest BCUT2D eigenvalue weighted by molar-refractivity contribution is -0.131. The van der Waals surface area contributed by atoms with E-state index in [0.717, 1.165) is 26.2 Å². The molecule has 2 aliphatic rings. The molecular weight excluding hydrogens is 194 g/mol. The number of hydrogen-bond acceptors (Lipinski definition) is 4. The van der Waals surface area contributed by atoms with Crippen molar-refractivity contribution in [3.63, 3.8) is 0 Å². The topological polar surface area (TPSA) is 54.7 Å². The fourth-order valence-corrected chi connectivity index (χ4v) is 1.76. The third-order valence-electron chi connectivity index (χ3n) is 3.00. The number of carbonyl (C=O) groups excluding carboxylic acids is 1. The molecule has 0 spiro atoms. The second kappa shape index (κ2) is 4.47. The molecule has 1 amide bonds. The smallest absolute Gasteiger partial charge is 0.241 e. The second-order valence-electron chi connectivity index (χ2n) is 4.44. The Hall–Kier alpha value is -0.650. The van der Waals surface area contributed by atoms with Crippen molar-refractivity contribution < 1.29 is 9.53 Å². The molecule has 0 saturated carbocycles. The highest BCUT2D eigenvalue weighted by Crippen LogP contribution is 2.09. The molecule has 2 saturated heterocycles. The number of rotatable bonds is 2. The Morgan fingerprint density at radius 1 is 1.53 bits per heavy atom. The van der Waals surface area contributed by atoms with Crippen LogP contribution in [0.5, 0.6) is 0 Å². The van der Waals surface area contributed by atoms with Crippen molar-refractivity contribution in [1.29, 1.82) is 0 Å². The molecule has 5 heteroatoms. The SMILES string of the molecule is CN(C)C1COCCN(C(=O)C2CN2)C1. The molecule has 2 rings (SSSR count). The zero-order chi connectivity index (χ0) is 10.8. The van der Waals surface area contributed by atoms with Crippen molar-refractivity contribution in [1.82, 2.24) is 15.1 Å². The van der Waals surface area contributed by atoms with Gasteiger partial charge in [0.25, 0.3) is 0 Å². The maximum absolute atomic E-state index is 11.9.